The molecule has 0 aliphatic carbocycles. The van der Waals surface area contributed by atoms with Crippen molar-refractivity contribution >= 4 is 11.4 Å². The van der Waals surface area contributed by atoms with Gasteiger partial charge in [-0.3, -0.25) is 10.1 Å². The molecule has 112 valence electrons. The van der Waals surface area contributed by atoms with Crippen molar-refractivity contribution in [3.63, 3.8) is 0 Å². The lowest BCUT2D eigenvalue weighted by Gasteiger charge is -2.15. The van der Waals surface area contributed by atoms with Gasteiger partial charge in [-0.2, -0.15) is 13.2 Å². The molecule has 1 aromatic carbocycles. The molecule has 1 rings (SSSR count). The van der Waals surface area contributed by atoms with Crippen LogP contribution in [0.2, 0.25) is 0 Å². The Morgan fingerprint density at radius 2 is 1.95 bits per heavy atom. The minimum absolute atomic E-state index is 0.159. The second-order valence-corrected chi connectivity index (χ2v) is 4.52. The Morgan fingerprint density at radius 3 is 2.45 bits per heavy atom. The zero-order valence-electron chi connectivity index (χ0n) is 11.1. The molecule has 0 saturated carbocycles. The van der Waals surface area contributed by atoms with Crippen LogP contribution in [-0.4, -0.2) is 24.1 Å². The quantitative estimate of drug-likeness (QED) is 0.480. The van der Waals surface area contributed by atoms with E-state index in [1.54, 1.807) is 0 Å². The summed E-state index contributed by atoms with van der Waals surface area (Å²) in [6.07, 6.45) is -4.64. The zero-order valence-corrected chi connectivity index (χ0v) is 11.1. The Hall–Kier alpha value is -1.83. The van der Waals surface area contributed by atoms with Gasteiger partial charge in [0.25, 0.3) is 5.69 Å². The number of nitro groups is 1. The van der Waals surface area contributed by atoms with E-state index in [2.05, 4.69) is 10.6 Å². The average Bonchev–Trinajstić information content (AvgIpc) is 2.33. The molecular formula is C12H16F3N3O2. The van der Waals surface area contributed by atoms with Crippen LogP contribution in [0.3, 0.4) is 0 Å². The van der Waals surface area contributed by atoms with Crippen LogP contribution in [0.25, 0.3) is 0 Å². The van der Waals surface area contributed by atoms with Gasteiger partial charge >= 0.3 is 6.18 Å². The fourth-order valence-corrected chi connectivity index (χ4v) is 1.59. The fraction of sp³-hybridized carbons (Fsp3) is 0.500. The lowest BCUT2D eigenvalue weighted by atomic mass is 10.1. The first kappa shape index (κ1) is 16.2. The van der Waals surface area contributed by atoms with E-state index in [-0.39, 0.29) is 11.7 Å². The second-order valence-electron chi connectivity index (χ2n) is 4.52. The number of nitro benzene ring substituents is 1. The van der Waals surface area contributed by atoms with Gasteiger partial charge in [-0.15, -0.1) is 0 Å². The van der Waals surface area contributed by atoms with Crippen molar-refractivity contribution in [2.24, 2.45) is 0 Å². The molecule has 0 bridgehead atoms. The molecule has 0 aromatic heterocycles. The van der Waals surface area contributed by atoms with Crippen LogP contribution < -0.4 is 10.6 Å². The number of nitrogens with one attached hydrogen (secondary N) is 2. The molecule has 0 amide bonds. The maximum atomic E-state index is 12.9. The van der Waals surface area contributed by atoms with Crippen molar-refractivity contribution in [1.82, 2.24) is 5.32 Å². The van der Waals surface area contributed by atoms with E-state index in [9.17, 15) is 23.3 Å². The van der Waals surface area contributed by atoms with Gasteiger partial charge in [-0.25, -0.2) is 0 Å². The van der Waals surface area contributed by atoms with E-state index in [0.717, 1.165) is 12.1 Å². The van der Waals surface area contributed by atoms with Crippen LogP contribution in [0.15, 0.2) is 18.2 Å². The number of benzene rings is 1. The Labute approximate surface area is 114 Å². The lowest BCUT2D eigenvalue weighted by Crippen LogP contribution is -2.28. The summed E-state index contributed by atoms with van der Waals surface area (Å²) < 4.78 is 38.6. The largest absolute Gasteiger partial charge is 0.418 e. The van der Waals surface area contributed by atoms with Gasteiger partial charge < -0.3 is 10.6 Å². The van der Waals surface area contributed by atoms with Crippen LogP contribution in [0.4, 0.5) is 24.5 Å². The molecule has 0 spiro atoms. The van der Waals surface area contributed by atoms with Crippen LogP contribution >= 0.6 is 0 Å². The highest BCUT2D eigenvalue weighted by molar-refractivity contribution is 5.57. The summed E-state index contributed by atoms with van der Waals surface area (Å²) in [5.74, 6) is 0. The van der Waals surface area contributed by atoms with Crippen molar-refractivity contribution < 1.29 is 18.1 Å². The van der Waals surface area contributed by atoms with Gasteiger partial charge in [0.2, 0.25) is 0 Å². The Kier molecular flexibility index (Phi) is 5.32. The van der Waals surface area contributed by atoms with Gasteiger partial charge in [0.1, 0.15) is 0 Å². The summed E-state index contributed by atoms with van der Waals surface area (Å²) in [7, 11) is 0. The molecule has 0 fully saturated rings. The third-order valence-corrected chi connectivity index (χ3v) is 2.51. The summed E-state index contributed by atoms with van der Waals surface area (Å²) in [6, 6.07) is 2.90. The van der Waals surface area contributed by atoms with E-state index in [4.69, 9.17) is 0 Å². The number of hydrogen-bond donors (Lipinski definition) is 2. The summed E-state index contributed by atoms with van der Waals surface area (Å²) in [5, 5.41) is 16.2. The molecule has 1 aromatic rings. The second kappa shape index (κ2) is 6.56. The van der Waals surface area contributed by atoms with Gasteiger partial charge in [0, 0.05) is 37.0 Å². The molecule has 0 unspecified atom stereocenters. The molecule has 2 N–H and O–H groups in total. The first-order valence-corrected chi connectivity index (χ1v) is 6.04. The smallest absolute Gasteiger partial charge is 0.383 e. The predicted octanol–water partition coefficient (Wildman–Crippen LogP) is 3.02. The molecule has 0 heterocycles. The monoisotopic (exact) mass is 291 g/mol. The van der Waals surface area contributed by atoms with Gasteiger partial charge in [-0.05, 0) is 6.07 Å². The summed E-state index contributed by atoms with van der Waals surface area (Å²) in [5.41, 5.74) is -1.77. The summed E-state index contributed by atoms with van der Waals surface area (Å²) in [6.45, 7) is 4.63. The molecule has 0 atom stereocenters. The summed E-state index contributed by atoms with van der Waals surface area (Å²) >= 11 is 0. The number of halogens is 3. The van der Waals surface area contributed by atoms with Crippen LogP contribution in [0.1, 0.15) is 19.4 Å². The van der Waals surface area contributed by atoms with Crippen molar-refractivity contribution in [2.45, 2.75) is 26.1 Å². The minimum Gasteiger partial charge on any atom is -0.383 e. The first-order valence-electron chi connectivity index (χ1n) is 6.04. The molecule has 0 radical (unpaired) electrons. The molecule has 5 nitrogen and oxygen atoms in total. The van der Waals surface area contributed by atoms with E-state index in [1.165, 1.54) is 0 Å². The highest BCUT2D eigenvalue weighted by atomic mass is 19.4. The van der Waals surface area contributed by atoms with Gasteiger partial charge in [-0.1, -0.05) is 13.8 Å². The Bertz CT molecular complexity index is 476. The Balaban J connectivity index is 2.87. The highest BCUT2D eigenvalue weighted by Crippen LogP contribution is 2.36. The maximum absolute atomic E-state index is 12.9. The van der Waals surface area contributed by atoms with Crippen molar-refractivity contribution in [2.75, 3.05) is 18.4 Å². The average molecular weight is 291 g/mol. The minimum atomic E-state index is -4.64. The fourth-order valence-electron chi connectivity index (χ4n) is 1.59. The molecule has 0 saturated heterocycles. The zero-order chi connectivity index (χ0) is 15.3. The number of hydrogen-bond acceptors (Lipinski definition) is 4. The van der Waals surface area contributed by atoms with Crippen molar-refractivity contribution in [3.8, 4) is 0 Å². The third kappa shape index (κ3) is 4.69. The van der Waals surface area contributed by atoms with Crippen molar-refractivity contribution in [3.05, 3.63) is 33.9 Å². The standard InChI is InChI=1S/C12H16F3N3O2/c1-8(2)16-5-6-17-11-4-3-9(18(19)20)7-10(11)12(13,14)15/h3-4,7-8,16-17H,5-6H2,1-2H3. The highest BCUT2D eigenvalue weighted by Gasteiger charge is 2.35. The number of rotatable bonds is 6. The van der Waals surface area contributed by atoms with Crippen LogP contribution in [0.5, 0.6) is 0 Å². The number of nitrogens with zero attached hydrogens (tertiary/aromatic N) is 1. The number of anilines is 1. The molecule has 8 heteroatoms. The third-order valence-electron chi connectivity index (χ3n) is 2.51. The van der Waals surface area contributed by atoms with Gasteiger partial charge in [0.15, 0.2) is 0 Å². The maximum Gasteiger partial charge on any atom is 0.418 e. The molecular weight excluding hydrogens is 275 g/mol. The number of alkyl halides is 3. The van der Waals surface area contributed by atoms with Gasteiger partial charge in [0.05, 0.1) is 10.5 Å². The first-order chi connectivity index (χ1) is 9.21. The topological polar surface area (TPSA) is 67.2 Å². The van der Waals surface area contributed by atoms with E-state index in [0.29, 0.717) is 19.2 Å². The van der Waals surface area contributed by atoms with E-state index in [1.807, 2.05) is 13.8 Å². The molecule has 20 heavy (non-hydrogen) atoms. The molecule has 0 aliphatic heterocycles. The van der Waals surface area contributed by atoms with Crippen LogP contribution in [-0.2, 0) is 6.18 Å². The summed E-state index contributed by atoms with van der Waals surface area (Å²) in [4.78, 5) is 9.69. The molecule has 0 aliphatic rings. The van der Waals surface area contributed by atoms with E-state index < -0.39 is 22.4 Å². The Morgan fingerprint density at radius 1 is 1.30 bits per heavy atom. The van der Waals surface area contributed by atoms with Crippen LogP contribution in [0, 0.1) is 10.1 Å². The normalized spacial score (nSPS) is 11.7. The lowest BCUT2D eigenvalue weighted by molar-refractivity contribution is -0.385. The number of non-ortho nitro benzene ring substituents is 1. The SMILES string of the molecule is CC(C)NCCNc1ccc([N+](=O)[O-])cc1C(F)(F)F. The van der Waals surface area contributed by atoms with Crippen molar-refractivity contribution in [1.29, 1.82) is 0 Å². The predicted molar refractivity (Wildman–Crippen MR) is 69.7 cm³/mol. The van der Waals surface area contributed by atoms with E-state index >= 15 is 0 Å².